The summed E-state index contributed by atoms with van der Waals surface area (Å²) in [6.07, 6.45) is -1.46. The van der Waals surface area contributed by atoms with Gasteiger partial charge in [-0.25, -0.2) is 13.6 Å². The van der Waals surface area contributed by atoms with Crippen molar-refractivity contribution < 1.29 is 32.5 Å². The summed E-state index contributed by atoms with van der Waals surface area (Å²) in [5, 5.41) is 5.82. The highest BCUT2D eigenvalue weighted by atomic mass is 35.5. The molecule has 0 saturated carbocycles. The first-order valence-corrected chi connectivity index (χ1v) is 8.23. The minimum atomic E-state index is -4.87. The molecule has 0 saturated heterocycles. The normalized spacial score (nSPS) is 12.9. The number of benzene rings is 1. The summed E-state index contributed by atoms with van der Waals surface area (Å²) in [5.41, 5.74) is -0.313. The van der Waals surface area contributed by atoms with E-state index in [4.69, 9.17) is 21.4 Å². The van der Waals surface area contributed by atoms with Crippen LogP contribution >= 0.6 is 19.4 Å². The van der Waals surface area contributed by atoms with E-state index in [1.807, 2.05) is 0 Å². The topological polar surface area (TPSA) is 114 Å². The fraction of sp³-hybridized carbons (Fsp3) is 0.167. The number of hydrogen-bond acceptors (Lipinski definition) is 4. The lowest BCUT2D eigenvalue weighted by Crippen LogP contribution is -2.16. The predicted molar refractivity (Wildman–Crippen MR) is 79.4 cm³/mol. The summed E-state index contributed by atoms with van der Waals surface area (Å²) < 4.78 is 42.3. The van der Waals surface area contributed by atoms with E-state index in [-0.39, 0.29) is 10.7 Å². The third-order valence-electron chi connectivity index (χ3n) is 2.74. The lowest BCUT2D eigenvalue weighted by Gasteiger charge is -2.13. The number of phosphoric acid groups is 1. The van der Waals surface area contributed by atoms with E-state index in [0.29, 0.717) is 4.68 Å². The minimum Gasteiger partial charge on any atom is -0.319 e. The van der Waals surface area contributed by atoms with E-state index in [1.54, 1.807) is 0 Å². The maximum absolute atomic E-state index is 13.8. The molecule has 1 atom stereocenters. The molecule has 24 heavy (non-hydrogen) atoms. The van der Waals surface area contributed by atoms with E-state index in [9.17, 15) is 18.1 Å². The molecular weight excluding hydrogens is 371 g/mol. The molecule has 1 aromatic heterocycles. The standard InChI is InChI=1S/C12H11ClF2N3O5P/c1-6(23-24(20,21)22)18-11(15)5-10(17-18)12(19)16-9-3-2-7(14)4-8(9)13/h2-6H,1H3,(H,16,19)(H2,20,21,22). The molecule has 1 unspecified atom stereocenters. The van der Waals surface area contributed by atoms with Crippen molar-refractivity contribution in [3.8, 4) is 0 Å². The average molecular weight is 382 g/mol. The lowest BCUT2D eigenvalue weighted by molar-refractivity contribution is 0.0780. The van der Waals surface area contributed by atoms with Gasteiger partial charge in [-0.1, -0.05) is 11.6 Å². The van der Waals surface area contributed by atoms with Crippen molar-refractivity contribution in [3.63, 3.8) is 0 Å². The molecule has 0 fully saturated rings. The number of nitrogens with one attached hydrogen (secondary N) is 1. The van der Waals surface area contributed by atoms with Gasteiger partial charge >= 0.3 is 7.82 Å². The molecule has 0 aliphatic heterocycles. The quantitative estimate of drug-likeness (QED) is 0.686. The van der Waals surface area contributed by atoms with Gasteiger partial charge in [-0.3, -0.25) is 9.32 Å². The van der Waals surface area contributed by atoms with Gasteiger partial charge in [-0.05, 0) is 25.1 Å². The van der Waals surface area contributed by atoms with Gasteiger partial charge in [0.2, 0.25) is 5.95 Å². The van der Waals surface area contributed by atoms with Gasteiger partial charge in [-0.2, -0.15) is 9.49 Å². The number of amides is 1. The second-order valence-corrected chi connectivity index (χ2v) is 6.17. The molecule has 1 amide bonds. The Morgan fingerprint density at radius 2 is 2.08 bits per heavy atom. The van der Waals surface area contributed by atoms with E-state index in [0.717, 1.165) is 25.1 Å². The highest BCUT2D eigenvalue weighted by Gasteiger charge is 2.24. The highest BCUT2D eigenvalue weighted by molar-refractivity contribution is 7.46. The first-order chi connectivity index (χ1) is 11.1. The van der Waals surface area contributed by atoms with Gasteiger partial charge in [-0.15, -0.1) is 0 Å². The molecule has 1 heterocycles. The molecule has 1 aromatic carbocycles. The number of phosphoric ester groups is 1. The number of carbonyl (C=O) groups excluding carboxylic acids is 1. The van der Waals surface area contributed by atoms with Crippen molar-refractivity contribution in [3.05, 3.63) is 46.7 Å². The van der Waals surface area contributed by atoms with Crippen LogP contribution < -0.4 is 5.32 Å². The van der Waals surface area contributed by atoms with E-state index < -0.39 is 37.4 Å². The maximum Gasteiger partial charge on any atom is 0.471 e. The summed E-state index contributed by atoms with van der Waals surface area (Å²) in [7, 11) is -4.87. The fourth-order valence-corrected chi connectivity index (χ4v) is 2.46. The Kier molecular flexibility index (Phi) is 5.36. The number of aromatic nitrogens is 2. The number of anilines is 1. The molecule has 2 rings (SSSR count). The van der Waals surface area contributed by atoms with Crippen LogP contribution in [0.2, 0.25) is 5.02 Å². The van der Waals surface area contributed by atoms with Crippen molar-refractivity contribution in [1.29, 1.82) is 0 Å². The molecule has 0 aliphatic rings. The Morgan fingerprint density at radius 3 is 2.67 bits per heavy atom. The first kappa shape index (κ1) is 18.5. The Balaban J connectivity index is 2.19. The fourth-order valence-electron chi connectivity index (χ4n) is 1.76. The van der Waals surface area contributed by atoms with Crippen LogP contribution in [0.25, 0.3) is 0 Å². The van der Waals surface area contributed by atoms with E-state index in [1.165, 1.54) is 6.07 Å². The summed E-state index contributed by atoms with van der Waals surface area (Å²) >= 11 is 5.76. The van der Waals surface area contributed by atoms with Crippen molar-refractivity contribution in [1.82, 2.24) is 9.78 Å². The number of halogens is 3. The molecule has 8 nitrogen and oxygen atoms in total. The van der Waals surface area contributed by atoms with Crippen LogP contribution in [0.3, 0.4) is 0 Å². The van der Waals surface area contributed by atoms with Gasteiger partial charge in [0.05, 0.1) is 10.7 Å². The van der Waals surface area contributed by atoms with Crippen molar-refractivity contribution in [2.24, 2.45) is 0 Å². The van der Waals surface area contributed by atoms with Crippen LogP contribution in [0, 0.1) is 11.8 Å². The van der Waals surface area contributed by atoms with E-state index >= 15 is 0 Å². The second-order valence-electron chi connectivity index (χ2n) is 4.57. The summed E-state index contributed by atoms with van der Waals surface area (Å²) in [6.45, 7) is 1.13. The van der Waals surface area contributed by atoms with Crippen molar-refractivity contribution in [2.45, 2.75) is 13.2 Å². The van der Waals surface area contributed by atoms with Crippen LogP contribution in [0.15, 0.2) is 24.3 Å². The van der Waals surface area contributed by atoms with Gasteiger partial charge < -0.3 is 15.1 Å². The third-order valence-corrected chi connectivity index (χ3v) is 3.63. The zero-order valence-corrected chi connectivity index (χ0v) is 13.6. The molecule has 2 aromatic rings. The molecule has 12 heteroatoms. The van der Waals surface area contributed by atoms with Crippen LogP contribution in [-0.2, 0) is 9.09 Å². The average Bonchev–Trinajstić information content (AvgIpc) is 2.82. The summed E-state index contributed by atoms with van der Waals surface area (Å²) in [6, 6.07) is 4.00. The second kappa shape index (κ2) is 6.96. The Labute approximate surface area is 139 Å². The number of hydrogen-bond donors (Lipinski definition) is 3. The SMILES string of the molecule is CC(OP(=O)(O)O)n1nc(C(=O)Nc2ccc(F)cc2Cl)cc1F. The highest BCUT2D eigenvalue weighted by Crippen LogP contribution is 2.40. The molecule has 0 radical (unpaired) electrons. The van der Waals surface area contributed by atoms with Gasteiger partial charge in [0.15, 0.2) is 11.9 Å². The zero-order chi connectivity index (χ0) is 18.1. The van der Waals surface area contributed by atoms with Crippen LogP contribution in [0.5, 0.6) is 0 Å². The zero-order valence-electron chi connectivity index (χ0n) is 12.0. The van der Waals surface area contributed by atoms with Gasteiger partial charge in [0.1, 0.15) is 5.82 Å². The number of rotatable bonds is 5. The maximum atomic E-state index is 13.8. The Morgan fingerprint density at radius 1 is 1.42 bits per heavy atom. The van der Waals surface area contributed by atoms with Crippen molar-refractivity contribution in [2.75, 3.05) is 5.32 Å². The molecule has 130 valence electrons. The number of nitrogens with zero attached hydrogens (tertiary/aromatic N) is 2. The van der Waals surface area contributed by atoms with Crippen LogP contribution in [0.1, 0.15) is 23.6 Å². The number of carbonyl (C=O) groups is 1. The smallest absolute Gasteiger partial charge is 0.319 e. The lowest BCUT2D eigenvalue weighted by atomic mass is 10.3. The third kappa shape index (κ3) is 4.59. The molecular formula is C12H11ClF2N3O5P. The predicted octanol–water partition coefficient (Wildman–Crippen LogP) is 2.69. The molecule has 3 N–H and O–H groups in total. The van der Waals surface area contributed by atoms with E-state index in [2.05, 4.69) is 14.9 Å². The molecule has 0 spiro atoms. The van der Waals surface area contributed by atoms with Crippen molar-refractivity contribution >= 4 is 31.0 Å². The minimum absolute atomic E-state index is 0.0681. The molecule has 0 aliphatic carbocycles. The Hall–Kier alpha value is -1.84. The van der Waals surface area contributed by atoms with Crippen LogP contribution in [0.4, 0.5) is 14.5 Å². The van der Waals surface area contributed by atoms with Crippen LogP contribution in [-0.4, -0.2) is 25.5 Å². The van der Waals surface area contributed by atoms with Gasteiger partial charge in [0.25, 0.3) is 5.91 Å². The summed E-state index contributed by atoms with van der Waals surface area (Å²) in [5.74, 6) is -2.51. The summed E-state index contributed by atoms with van der Waals surface area (Å²) in [4.78, 5) is 29.4. The first-order valence-electron chi connectivity index (χ1n) is 6.32. The van der Waals surface area contributed by atoms with Gasteiger partial charge in [0, 0.05) is 6.07 Å². The molecule has 0 bridgehead atoms. The monoisotopic (exact) mass is 381 g/mol. The largest absolute Gasteiger partial charge is 0.471 e. The Bertz CT molecular complexity index is 825.